The van der Waals surface area contributed by atoms with Crippen LogP contribution in [-0.2, 0) is 10.0 Å². The Bertz CT molecular complexity index is 635. The van der Waals surface area contributed by atoms with Gasteiger partial charge in [0.1, 0.15) is 0 Å². The fourth-order valence-corrected chi connectivity index (χ4v) is 3.01. The van der Waals surface area contributed by atoms with Gasteiger partial charge >= 0.3 is 0 Å². The number of rotatable bonds is 6. The van der Waals surface area contributed by atoms with Gasteiger partial charge in [-0.1, -0.05) is 6.07 Å². The van der Waals surface area contributed by atoms with Gasteiger partial charge in [-0.25, -0.2) is 13.6 Å². The summed E-state index contributed by atoms with van der Waals surface area (Å²) in [5.74, 6) is 1.16. The van der Waals surface area contributed by atoms with E-state index < -0.39 is 10.0 Å². The normalized spacial score (nSPS) is 18.5. The summed E-state index contributed by atoms with van der Waals surface area (Å²) in [5.41, 5.74) is 0.405. The van der Waals surface area contributed by atoms with Crippen molar-refractivity contribution in [2.45, 2.75) is 30.6 Å². The largest absolute Gasteiger partial charge is 0.338 e. The van der Waals surface area contributed by atoms with Gasteiger partial charge in [0.05, 0.1) is 4.90 Å². The van der Waals surface area contributed by atoms with Gasteiger partial charge < -0.3 is 4.90 Å². The van der Waals surface area contributed by atoms with Crippen molar-refractivity contribution >= 4 is 15.9 Å². The molecule has 0 aliphatic heterocycles. The Morgan fingerprint density at radius 3 is 2.19 bits per heavy atom. The Morgan fingerprint density at radius 1 is 1.14 bits per heavy atom. The van der Waals surface area contributed by atoms with Crippen LogP contribution in [0.4, 0.5) is 0 Å². The molecule has 21 heavy (non-hydrogen) atoms. The smallest absolute Gasteiger partial charge is 0.253 e. The highest BCUT2D eigenvalue weighted by atomic mass is 32.2. The van der Waals surface area contributed by atoms with Gasteiger partial charge in [-0.05, 0) is 55.7 Å². The van der Waals surface area contributed by atoms with E-state index in [-0.39, 0.29) is 10.8 Å². The van der Waals surface area contributed by atoms with E-state index in [0.717, 1.165) is 13.1 Å². The first-order valence-corrected chi connectivity index (χ1v) is 8.90. The molecule has 1 amide bonds. The number of benzene rings is 1. The predicted molar refractivity (Wildman–Crippen MR) is 79.2 cm³/mol. The topological polar surface area (TPSA) is 80.5 Å². The van der Waals surface area contributed by atoms with Crippen molar-refractivity contribution in [2.24, 2.45) is 17.0 Å². The van der Waals surface area contributed by atoms with Crippen molar-refractivity contribution in [2.75, 3.05) is 13.1 Å². The molecule has 0 atom stereocenters. The molecule has 1 aromatic carbocycles. The van der Waals surface area contributed by atoms with Crippen molar-refractivity contribution in [3.8, 4) is 0 Å². The molecule has 1 aromatic rings. The zero-order valence-electron chi connectivity index (χ0n) is 11.9. The third-order valence-electron chi connectivity index (χ3n) is 4.05. The summed E-state index contributed by atoms with van der Waals surface area (Å²) in [4.78, 5) is 14.5. The van der Waals surface area contributed by atoms with Crippen LogP contribution in [0.25, 0.3) is 0 Å². The fourth-order valence-electron chi connectivity index (χ4n) is 2.45. The highest BCUT2D eigenvalue weighted by Gasteiger charge is 2.32. The molecule has 114 valence electrons. The summed E-state index contributed by atoms with van der Waals surface area (Å²) in [6.45, 7) is 1.57. The maximum atomic E-state index is 12.6. The second-order valence-corrected chi connectivity index (χ2v) is 7.73. The van der Waals surface area contributed by atoms with Crippen LogP contribution < -0.4 is 5.14 Å². The number of primary sulfonamides is 1. The number of nitrogens with two attached hydrogens (primary N) is 1. The first kappa shape index (κ1) is 14.5. The van der Waals surface area contributed by atoms with E-state index in [1.807, 2.05) is 4.90 Å². The van der Waals surface area contributed by atoms with E-state index in [2.05, 4.69) is 0 Å². The van der Waals surface area contributed by atoms with Crippen LogP contribution in [0.3, 0.4) is 0 Å². The van der Waals surface area contributed by atoms with Gasteiger partial charge in [0.2, 0.25) is 10.0 Å². The Hall–Kier alpha value is -1.40. The van der Waals surface area contributed by atoms with Crippen molar-refractivity contribution in [3.05, 3.63) is 29.8 Å². The molecule has 0 saturated heterocycles. The van der Waals surface area contributed by atoms with Crippen molar-refractivity contribution < 1.29 is 13.2 Å². The summed E-state index contributed by atoms with van der Waals surface area (Å²) >= 11 is 0. The second kappa shape index (κ2) is 5.42. The van der Waals surface area contributed by atoms with Crippen LogP contribution in [0, 0.1) is 11.8 Å². The number of carbonyl (C=O) groups excluding carboxylic acids is 1. The summed E-state index contributed by atoms with van der Waals surface area (Å²) in [6, 6.07) is 6.02. The van der Waals surface area contributed by atoms with Gasteiger partial charge in [0.25, 0.3) is 5.91 Å². The minimum absolute atomic E-state index is 0.00820. The lowest BCUT2D eigenvalue weighted by molar-refractivity contribution is 0.0739. The summed E-state index contributed by atoms with van der Waals surface area (Å²) in [5, 5.41) is 5.13. The van der Waals surface area contributed by atoms with Crippen LogP contribution in [0.1, 0.15) is 36.0 Å². The molecule has 0 heterocycles. The van der Waals surface area contributed by atoms with E-state index in [9.17, 15) is 13.2 Å². The Kier molecular flexibility index (Phi) is 3.75. The molecule has 0 bridgehead atoms. The summed E-state index contributed by atoms with van der Waals surface area (Å²) < 4.78 is 22.8. The summed E-state index contributed by atoms with van der Waals surface area (Å²) in [7, 11) is -3.78. The van der Waals surface area contributed by atoms with Crippen molar-refractivity contribution in [1.29, 1.82) is 0 Å². The van der Waals surface area contributed by atoms with E-state index in [1.54, 1.807) is 12.1 Å². The molecule has 2 fully saturated rings. The molecular weight excluding hydrogens is 288 g/mol. The number of carbonyl (C=O) groups is 1. The first-order valence-electron chi connectivity index (χ1n) is 7.35. The predicted octanol–water partition coefficient (Wildman–Crippen LogP) is 1.60. The molecule has 0 spiro atoms. The molecule has 5 nitrogen and oxygen atoms in total. The number of hydrogen-bond acceptors (Lipinski definition) is 3. The van der Waals surface area contributed by atoms with Gasteiger partial charge in [-0.2, -0.15) is 0 Å². The van der Waals surface area contributed by atoms with Crippen LogP contribution in [0.5, 0.6) is 0 Å². The average Bonchev–Trinajstić information content (AvgIpc) is 3.31. The molecule has 0 radical (unpaired) electrons. The lowest BCUT2D eigenvalue weighted by Gasteiger charge is -2.23. The molecule has 6 heteroatoms. The molecule has 2 saturated carbocycles. The maximum absolute atomic E-state index is 12.6. The Balaban J connectivity index is 1.80. The SMILES string of the molecule is NS(=O)(=O)c1cccc(C(=O)N(CC2CC2)CC2CC2)c1. The van der Waals surface area contributed by atoms with Gasteiger partial charge in [0, 0.05) is 18.7 Å². The zero-order chi connectivity index (χ0) is 15.0. The van der Waals surface area contributed by atoms with Gasteiger partial charge in [-0.15, -0.1) is 0 Å². The van der Waals surface area contributed by atoms with E-state index in [4.69, 9.17) is 5.14 Å². The van der Waals surface area contributed by atoms with E-state index in [1.165, 1.54) is 37.8 Å². The standard InChI is InChI=1S/C15H20N2O3S/c16-21(19,20)14-3-1-2-13(8-14)15(18)17(9-11-4-5-11)10-12-6-7-12/h1-3,8,11-12H,4-7,9-10H2,(H2,16,19,20). The minimum atomic E-state index is -3.78. The lowest BCUT2D eigenvalue weighted by Crippen LogP contribution is -2.34. The van der Waals surface area contributed by atoms with Gasteiger partial charge in [-0.3, -0.25) is 4.79 Å². The molecule has 2 aliphatic rings. The Morgan fingerprint density at radius 2 is 1.71 bits per heavy atom. The number of hydrogen-bond donors (Lipinski definition) is 1. The van der Waals surface area contributed by atoms with Crippen LogP contribution in [-0.4, -0.2) is 32.3 Å². The number of nitrogens with zero attached hydrogens (tertiary/aromatic N) is 1. The molecule has 2 aliphatic carbocycles. The molecule has 0 aromatic heterocycles. The average molecular weight is 308 g/mol. The number of sulfonamides is 1. The summed E-state index contributed by atoms with van der Waals surface area (Å²) in [6.07, 6.45) is 4.74. The Labute approximate surface area is 125 Å². The fraction of sp³-hybridized carbons (Fsp3) is 0.533. The highest BCUT2D eigenvalue weighted by molar-refractivity contribution is 7.89. The third-order valence-corrected chi connectivity index (χ3v) is 4.96. The monoisotopic (exact) mass is 308 g/mol. The first-order chi connectivity index (χ1) is 9.93. The van der Waals surface area contributed by atoms with Gasteiger partial charge in [0.15, 0.2) is 0 Å². The second-order valence-electron chi connectivity index (χ2n) is 6.17. The van der Waals surface area contributed by atoms with E-state index in [0.29, 0.717) is 17.4 Å². The third kappa shape index (κ3) is 3.83. The quantitative estimate of drug-likeness (QED) is 0.866. The molecule has 2 N–H and O–H groups in total. The maximum Gasteiger partial charge on any atom is 0.253 e. The van der Waals surface area contributed by atoms with Crippen LogP contribution in [0.15, 0.2) is 29.2 Å². The van der Waals surface area contributed by atoms with E-state index >= 15 is 0 Å². The van der Waals surface area contributed by atoms with Crippen molar-refractivity contribution in [3.63, 3.8) is 0 Å². The minimum Gasteiger partial charge on any atom is -0.338 e. The van der Waals surface area contributed by atoms with Crippen LogP contribution in [0.2, 0.25) is 0 Å². The highest BCUT2D eigenvalue weighted by Crippen LogP contribution is 2.34. The lowest BCUT2D eigenvalue weighted by atomic mass is 10.2. The van der Waals surface area contributed by atoms with Crippen molar-refractivity contribution in [1.82, 2.24) is 4.90 Å². The molecular formula is C15H20N2O3S. The zero-order valence-corrected chi connectivity index (χ0v) is 12.7. The molecule has 3 rings (SSSR count). The van der Waals surface area contributed by atoms with Crippen LogP contribution >= 0.6 is 0 Å². The number of amides is 1. The molecule has 0 unspecified atom stereocenters.